The van der Waals surface area contributed by atoms with Crippen LogP contribution in [0.3, 0.4) is 0 Å². The third kappa shape index (κ3) is 4.66. The van der Waals surface area contributed by atoms with Crippen molar-refractivity contribution in [1.29, 1.82) is 0 Å². The first-order valence-electron chi connectivity index (χ1n) is 8.32. The summed E-state index contributed by atoms with van der Waals surface area (Å²) in [7, 11) is -3.53. The van der Waals surface area contributed by atoms with Crippen molar-refractivity contribution in [2.75, 3.05) is 13.2 Å². The van der Waals surface area contributed by atoms with Gasteiger partial charge in [-0.3, -0.25) is 0 Å². The number of sulfonamides is 1. The van der Waals surface area contributed by atoms with Crippen LogP contribution >= 0.6 is 0 Å². The molecule has 0 amide bonds. The summed E-state index contributed by atoms with van der Waals surface area (Å²) >= 11 is 0. The Bertz CT molecular complexity index is 635. The maximum atomic E-state index is 12.9. The fourth-order valence-electron chi connectivity index (χ4n) is 2.61. The zero-order chi connectivity index (χ0) is 16.9. The molecular weight excluding hydrogens is 310 g/mol. The largest absolute Gasteiger partial charge is 0.358 e. The third-order valence-electron chi connectivity index (χ3n) is 4.10. The van der Waals surface area contributed by atoms with Crippen molar-refractivity contribution >= 4 is 10.0 Å². The second-order valence-corrected chi connectivity index (χ2v) is 8.05. The van der Waals surface area contributed by atoms with Gasteiger partial charge in [0, 0.05) is 13.2 Å². The number of ether oxygens (including phenoxy) is 1. The first-order chi connectivity index (χ1) is 10.9. The average Bonchev–Trinajstić information content (AvgIpc) is 2.52. The normalized spacial score (nSPS) is 19.6. The number of benzene rings is 1. The van der Waals surface area contributed by atoms with Crippen molar-refractivity contribution < 1.29 is 13.2 Å². The fourth-order valence-corrected chi connectivity index (χ4v) is 4.09. The summed E-state index contributed by atoms with van der Waals surface area (Å²) in [5, 5.41) is 0. The summed E-state index contributed by atoms with van der Waals surface area (Å²) in [6.45, 7) is 7.17. The predicted molar refractivity (Wildman–Crippen MR) is 92.7 cm³/mol. The molecule has 1 heterocycles. The third-order valence-corrected chi connectivity index (χ3v) is 5.98. The van der Waals surface area contributed by atoms with E-state index in [9.17, 15) is 8.42 Å². The van der Waals surface area contributed by atoms with E-state index in [4.69, 9.17) is 4.74 Å². The van der Waals surface area contributed by atoms with Gasteiger partial charge in [0.2, 0.25) is 10.0 Å². The minimum Gasteiger partial charge on any atom is -0.358 e. The van der Waals surface area contributed by atoms with Gasteiger partial charge in [0.1, 0.15) is 6.23 Å². The maximum absolute atomic E-state index is 12.9. The molecule has 1 aromatic rings. The number of aryl methyl sites for hydroxylation is 1. The van der Waals surface area contributed by atoms with E-state index >= 15 is 0 Å². The molecule has 0 saturated carbocycles. The molecule has 4 nitrogen and oxygen atoms in total. The van der Waals surface area contributed by atoms with Crippen molar-refractivity contribution in [3.05, 3.63) is 41.5 Å². The average molecular weight is 337 g/mol. The van der Waals surface area contributed by atoms with Crippen molar-refractivity contribution in [2.24, 2.45) is 0 Å². The molecule has 1 aromatic carbocycles. The van der Waals surface area contributed by atoms with Crippen LogP contribution in [0.25, 0.3) is 0 Å². The quantitative estimate of drug-likeness (QED) is 0.560. The molecule has 0 N–H and O–H groups in total. The monoisotopic (exact) mass is 337 g/mol. The van der Waals surface area contributed by atoms with Crippen LogP contribution in [0.1, 0.15) is 45.1 Å². The SMILES string of the molecule is CCCCCO[C@H]1C=C(C)CCN1S(=O)(=O)c1ccc(C)cc1. The minimum absolute atomic E-state index is 0.332. The van der Waals surface area contributed by atoms with Gasteiger partial charge in [0.25, 0.3) is 0 Å². The summed E-state index contributed by atoms with van der Waals surface area (Å²) in [5.41, 5.74) is 2.23. The van der Waals surface area contributed by atoms with Gasteiger partial charge in [-0.05, 0) is 44.9 Å². The van der Waals surface area contributed by atoms with E-state index in [-0.39, 0.29) is 0 Å². The lowest BCUT2D eigenvalue weighted by molar-refractivity contribution is 0.00748. The highest BCUT2D eigenvalue weighted by atomic mass is 32.2. The summed E-state index contributed by atoms with van der Waals surface area (Å²) in [6.07, 6.45) is 5.36. The van der Waals surface area contributed by atoms with Crippen molar-refractivity contribution in [3.8, 4) is 0 Å². The zero-order valence-electron chi connectivity index (χ0n) is 14.3. The van der Waals surface area contributed by atoms with E-state index in [0.717, 1.165) is 31.2 Å². The van der Waals surface area contributed by atoms with Crippen molar-refractivity contribution in [1.82, 2.24) is 4.31 Å². The molecule has 1 atom stereocenters. The van der Waals surface area contributed by atoms with Crippen LogP contribution in [0.15, 0.2) is 40.8 Å². The molecular formula is C18H27NO3S. The Morgan fingerprint density at radius 3 is 2.52 bits per heavy atom. The van der Waals surface area contributed by atoms with Gasteiger partial charge >= 0.3 is 0 Å². The van der Waals surface area contributed by atoms with Gasteiger partial charge in [-0.15, -0.1) is 0 Å². The second-order valence-electron chi connectivity index (χ2n) is 6.16. The predicted octanol–water partition coefficient (Wildman–Crippen LogP) is 3.87. The number of hydrogen-bond acceptors (Lipinski definition) is 3. The van der Waals surface area contributed by atoms with Crippen LogP contribution in [-0.4, -0.2) is 32.1 Å². The van der Waals surface area contributed by atoms with Crippen LogP contribution in [0.4, 0.5) is 0 Å². The van der Waals surface area contributed by atoms with Gasteiger partial charge in [-0.25, -0.2) is 8.42 Å². The molecule has 128 valence electrons. The highest BCUT2D eigenvalue weighted by Gasteiger charge is 2.33. The van der Waals surface area contributed by atoms with Crippen molar-refractivity contribution in [3.63, 3.8) is 0 Å². The van der Waals surface area contributed by atoms with E-state index < -0.39 is 16.3 Å². The zero-order valence-corrected chi connectivity index (χ0v) is 15.1. The van der Waals surface area contributed by atoms with Gasteiger partial charge in [-0.1, -0.05) is 43.0 Å². The lowest BCUT2D eigenvalue weighted by Crippen LogP contribution is -2.44. The molecule has 0 spiro atoms. The van der Waals surface area contributed by atoms with Gasteiger partial charge < -0.3 is 4.74 Å². The molecule has 0 radical (unpaired) electrons. The number of unbranched alkanes of at least 4 members (excludes halogenated alkanes) is 2. The Labute approximate surface area is 140 Å². The first-order valence-corrected chi connectivity index (χ1v) is 9.76. The molecule has 1 aliphatic heterocycles. The summed E-state index contributed by atoms with van der Waals surface area (Å²) in [6, 6.07) is 7.00. The first kappa shape index (κ1) is 18.2. The molecule has 5 heteroatoms. The number of hydrogen-bond donors (Lipinski definition) is 0. The Morgan fingerprint density at radius 2 is 1.87 bits per heavy atom. The Balaban J connectivity index is 2.18. The van der Waals surface area contributed by atoms with E-state index in [1.807, 2.05) is 32.1 Å². The van der Waals surface area contributed by atoms with Crippen LogP contribution in [0.5, 0.6) is 0 Å². The maximum Gasteiger partial charge on any atom is 0.245 e. The van der Waals surface area contributed by atoms with Crippen LogP contribution in [-0.2, 0) is 14.8 Å². The lowest BCUT2D eigenvalue weighted by atomic mass is 10.1. The highest BCUT2D eigenvalue weighted by Crippen LogP contribution is 2.25. The Morgan fingerprint density at radius 1 is 1.17 bits per heavy atom. The lowest BCUT2D eigenvalue weighted by Gasteiger charge is -2.32. The molecule has 0 aromatic heterocycles. The molecule has 0 bridgehead atoms. The minimum atomic E-state index is -3.53. The molecule has 0 saturated heterocycles. The Hall–Kier alpha value is -1.17. The number of nitrogens with zero attached hydrogens (tertiary/aromatic N) is 1. The van der Waals surface area contributed by atoms with E-state index in [1.165, 1.54) is 9.88 Å². The van der Waals surface area contributed by atoms with Gasteiger partial charge in [0.05, 0.1) is 4.90 Å². The van der Waals surface area contributed by atoms with Gasteiger partial charge in [0.15, 0.2) is 0 Å². The van der Waals surface area contributed by atoms with Gasteiger partial charge in [-0.2, -0.15) is 4.31 Å². The summed E-state index contributed by atoms with van der Waals surface area (Å²) in [4.78, 5) is 0.332. The topological polar surface area (TPSA) is 46.6 Å². The van der Waals surface area contributed by atoms with E-state index in [2.05, 4.69) is 6.92 Å². The standard InChI is InChI=1S/C18H27NO3S/c1-4-5-6-13-22-18-14-16(3)11-12-19(18)23(20,21)17-9-7-15(2)8-10-17/h7-10,14,18H,4-6,11-13H2,1-3H3/t18-/m0/s1. The fraction of sp³-hybridized carbons (Fsp3) is 0.556. The smallest absolute Gasteiger partial charge is 0.245 e. The van der Waals surface area contributed by atoms with E-state index in [0.29, 0.717) is 18.0 Å². The van der Waals surface area contributed by atoms with Crippen LogP contribution < -0.4 is 0 Å². The number of rotatable bonds is 7. The molecule has 2 rings (SSSR count). The van der Waals surface area contributed by atoms with E-state index in [1.54, 1.807) is 12.1 Å². The highest BCUT2D eigenvalue weighted by molar-refractivity contribution is 7.89. The molecule has 0 unspecified atom stereocenters. The van der Waals surface area contributed by atoms with Crippen LogP contribution in [0, 0.1) is 6.92 Å². The van der Waals surface area contributed by atoms with Crippen molar-refractivity contribution in [2.45, 2.75) is 57.6 Å². The summed E-state index contributed by atoms with van der Waals surface area (Å²) < 4.78 is 33.2. The summed E-state index contributed by atoms with van der Waals surface area (Å²) in [5.74, 6) is 0. The Kier molecular flexibility index (Phi) is 6.39. The molecule has 0 fully saturated rings. The second kappa shape index (κ2) is 8.08. The van der Waals surface area contributed by atoms with Crippen LogP contribution in [0.2, 0.25) is 0 Å². The molecule has 23 heavy (non-hydrogen) atoms. The molecule has 0 aliphatic carbocycles. The molecule has 1 aliphatic rings.